The van der Waals surface area contributed by atoms with Crippen molar-refractivity contribution in [2.75, 3.05) is 5.75 Å². The zero-order valence-corrected chi connectivity index (χ0v) is 9.06. The summed E-state index contributed by atoms with van der Waals surface area (Å²) in [5.41, 5.74) is 0. The summed E-state index contributed by atoms with van der Waals surface area (Å²) in [5.74, 6) is 0.429. The van der Waals surface area contributed by atoms with Gasteiger partial charge in [0.15, 0.2) is 0 Å². The van der Waals surface area contributed by atoms with Gasteiger partial charge >= 0.3 is 5.97 Å². The van der Waals surface area contributed by atoms with Gasteiger partial charge in [0.2, 0.25) is 0 Å². The van der Waals surface area contributed by atoms with Crippen molar-refractivity contribution < 1.29 is 9.53 Å². The molecule has 1 aliphatic carbocycles. The zero-order valence-electron chi connectivity index (χ0n) is 8.16. The Morgan fingerprint density at radius 3 is 2.62 bits per heavy atom. The van der Waals surface area contributed by atoms with Crippen LogP contribution in [0.1, 0.15) is 39.0 Å². The standard InChI is InChI=1S/C10H18O2S/c1-8(7-13)10(11)12-9-5-3-2-4-6-9/h8-9,13H,2-7H2,1H3/t8-/m1/s1. The van der Waals surface area contributed by atoms with E-state index in [2.05, 4.69) is 12.6 Å². The van der Waals surface area contributed by atoms with Crippen LogP contribution in [0.3, 0.4) is 0 Å². The quantitative estimate of drug-likeness (QED) is 0.562. The van der Waals surface area contributed by atoms with E-state index in [1.807, 2.05) is 6.92 Å². The Morgan fingerprint density at radius 1 is 1.46 bits per heavy atom. The molecular formula is C10H18O2S. The van der Waals surface area contributed by atoms with Crippen LogP contribution in [0.15, 0.2) is 0 Å². The van der Waals surface area contributed by atoms with Crippen molar-refractivity contribution >= 4 is 18.6 Å². The predicted octanol–water partition coefficient (Wildman–Crippen LogP) is 2.43. The maximum atomic E-state index is 11.4. The van der Waals surface area contributed by atoms with Gasteiger partial charge in [-0.25, -0.2) is 0 Å². The van der Waals surface area contributed by atoms with Gasteiger partial charge in [-0.1, -0.05) is 13.3 Å². The number of carbonyl (C=O) groups excluding carboxylic acids is 1. The summed E-state index contributed by atoms with van der Waals surface area (Å²) < 4.78 is 5.36. The molecular weight excluding hydrogens is 184 g/mol. The van der Waals surface area contributed by atoms with E-state index < -0.39 is 0 Å². The third-order valence-corrected chi connectivity index (χ3v) is 3.06. The van der Waals surface area contributed by atoms with E-state index in [4.69, 9.17) is 4.74 Å². The zero-order chi connectivity index (χ0) is 9.68. The normalized spacial score (nSPS) is 21.1. The van der Waals surface area contributed by atoms with Crippen LogP contribution in [0.4, 0.5) is 0 Å². The van der Waals surface area contributed by atoms with Gasteiger partial charge in [-0.05, 0) is 25.7 Å². The number of esters is 1. The van der Waals surface area contributed by atoms with Crippen LogP contribution in [0, 0.1) is 5.92 Å². The van der Waals surface area contributed by atoms with E-state index in [1.54, 1.807) is 0 Å². The Morgan fingerprint density at radius 2 is 2.08 bits per heavy atom. The lowest BCUT2D eigenvalue weighted by Gasteiger charge is -2.23. The third-order valence-electron chi connectivity index (χ3n) is 2.51. The van der Waals surface area contributed by atoms with Gasteiger partial charge in [0.05, 0.1) is 5.92 Å². The highest BCUT2D eigenvalue weighted by Crippen LogP contribution is 2.21. The summed E-state index contributed by atoms with van der Waals surface area (Å²) in [5, 5.41) is 0. The lowest BCUT2D eigenvalue weighted by Crippen LogP contribution is -2.25. The van der Waals surface area contributed by atoms with Crippen molar-refractivity contribution in [2.45, 2.75) is 45.1 Å². The molecule has 0 radical (unpaired) electrons. The monoisotopic (exact) mass is 202 g/mol. The van der Waals surface area contributed by atoms with Crippen molar-refractivity contribution in [1.29, 1.82) is 0 Å². The van der Waals surface area contributed by atoms with E-state index in [1.165, 1.54) is 19.3 Å². The van der Waals surface area contributed by atoms with Gasteiger partial charge in [-0.15, -0.1) is 0 Å². The molecule has 0 saturated heterocycles. The predicted molar refractivity (Wildman–Crippen MR) is 56.0 cm³/mol. The minimum absolute atomic E-state index is 0.0646. The number of ether oxygens (including phenoxy) is 1. The molecule has 1 atom stereocenters. The number of carbonyl (C=O) groups is 1. The fraction of sp³-hybridized carbons (Fsp3) is 0.900. The average molecular weight is 202 g/mol. The largest absolute Gasteiger partial charge is 0.462 e. The fourth-order valence-corrected chi connectivity index (χ4v) is 1.69. The summed E-state index contributed by atoms with van der Waals surface area (Å²) >= 11 is 4.07. The van der Waals surface area contributed by atoms with Crippen LogP contribution in [0.2, 0.25) is 0 Å². The topological polar surface area (TPSA) is 26.3 Å². The third kappa shape index (κ3) is 3.59. The highest BCUT2D eigenvalue weighted by atomic mass is 32.1. The molecule has 13 heavy (non-hydrogen) atoms. The van der Waals surface area contributed by atoms with E-state index in [0.717, 1.165) is 12.8 Å². The maximum Gasteiger partial charge on any atom is 0.309 e. The van der Waals surface area contributed by atoms with E-state index in [9.17, 15) is 4.79 Å². The van der Waals surface area contributed by atoms with E-state index >= 15 is 0 Å². The molecule has 0 aromatic heterocycles. The minimum atomic E-state index is -0.0816. The van der Waals surface area contributed by atoms with Crippen LogP contribution in [0.5, 0.6) is 0 Å². The molecule has 0 amide bonds. The van der Waals surface area contributed by atoms with Gasteiger partial charge in [0, 0.05) is 5.75 Å². The number of hydrogen-bond donors (Lipinski definition) is 1. The summed E-state index contributed by atoms with van der Waals surface area (Å²) in [6, 6.07) is 0. The molecule has 0 aliphatic heterocycles. The molecule has 3 heteroatoms. The SMILES string of the molecule is C[C@H](CS)C(=O)OC1CCCCC1. The summed E-state index contributed by atoms with van der Waals surface area (Å²) in [7, 11) is 0. The molecule has 1 aliphatic rings. The van der Waals surface area contributed by atoms with E-state index in [0.29, 0.717) is 5.75 Å². The second kappa shape index (κ2) is 5.53. The van der Waals surface area contributed by atoms with Crippen molar-refractivity contribution in [3.8, 4) is 0 Å². The Labute approximate surface area is 85.4 Å². The second-order valence-electron chi connectivity index (χ2n) is 3.78. The first-order valence-corrected chi connectivity index (χ1v) is 5.68. The molecule has 76 valence electrons. The number of thiol groups is 1. The molecule has 2 nitrogen and oxygen atoms in total. The summed E-state index contributed by atoms with van der Waals surface area (Å²) in [4.78, 5) is 11.4. The Kier molecular flexibility index (Phi) is 4.64. The number of hydrogen-bond acceptors (Lipinski definition) is 3. The Hall–Kier alpha value is -0.180. The first-order valence-electron chi connectivity index (χ1n) is 5.05. The van der Waals surface area contributed by atoms with Gasteiger partial charge in [0.1, 0.15) is 6.10 Å². The van der Waals surface area contributed by atoms with Crippen LogP contribution in [0.25, 0.3) is 0 Å². The van der Waals surface area contributed by atoms with Crippen LogP contribution >= 0.6 is 12.6 Å². The molecule has 0 heterocycles. The number of rotatable bonds is 3. The summed E-state index contributed by atoms with van der Waals surface area (Å²) in [6.45, 7) is 1.86. The van der Waals surface area contributed by atoms with Gasteiger partial charge in [-0.3, -0.25) is 4.79 Å². The molecule has 0 N–H and O–H groups in total. The average Bonchev–Trinajstić information content (AvgIpc) is 2.18. The summed E-state index contributed by atoms with van der Waals surface area (Å²) in [6.07, 6.45) is 5.97. The van der Waals surface area contributed by atoms with Crippen LogP contribution in [-0.4, -0.2) is 17.8 Å². The molecule has 0 spiro atoms. The molecule has 0 unspecified atom stereocenters. The Balaban J connectivity index is 2.26. The van der Waals surface area contributed by atoms with Crippen molar-refractivity contribution in [3.05, 3.63) is 0 Å². The molecule has 0 aromatic rings. The van der Waals surface area contributed by atoms with Crippen LogP contribution < -0.4 is 0 Å². The van der Waals surface area contributed by atoms with E-state index in [-0.39, 0.29) is 18.0 Å². The van der Waals surface area contributed by atoms with Crippen LogP contribution in [-0.2, 0) is 9.53 Å². The smallest absolute Gasteiger partial charge is 0.309 e. The highest BCUT2D eigenvalue weighted by Gasteiger charge is 2.20. The molecule has 1 fully saturated rings. The Bertz CT molecular complexity index is 164. The van der Waals surface area contributed by atoms with Gasteiger partial charge in [-0.2, -0.15) is 12.6 Å². The minimum Gasteiger partial charge on any atom is -0.462 e. The van der Waals surface area contributed by atoms with Crippen molar-refractivity contribution in [2.24, 2.45) is 5.92 Å². The molecule has 1 rings (SSSR count). The molecule has 0 aromatic carbocycles. The fourth-order valence-electron chi connectivity index (χ4n) is 1.54. The lowest BCUT2D eigenvalue weighted by atomic mass is 9.98. The molecule has 1 saturated carbocycles. The lowest BCUT2D eigenvalue weighted by molar-refractivity contribution is -0.154. The van der Waals surface area contributed by atoms with Crippen molar-refractivity contribution in [1.82, 2.24) is 0 Å². The molecule has 0 bridgehead atoms. The van der Waals surface area contributed by atoms with Gasteiger partial charge < -0.3 is 4.74 Å². The van der Waals surface area contributed by atoms with Gasteiger partial charge in [0.25, 0.3) is 0 Å². The highest BCUT2D eigenvalue weighted by molar-refractivity contribution is 7.80. The first kappa shape index (κ1) is 10.9. The van der Waals surface area contributed by atoms with Crippen molar-refractivity contribution in [3.63, 3.8) is 0 Å². The first-order chi connectivity index (χ1) is 6.24. The second-order valence-corrected chi connectivity index (χ2v) is 4.15. The maximum absolute atomic E-state index is 11.4.